The van der Waals surface area contributed by atoms with Gasteiger partial charge in [0.05, 0.1) is 12.6 Å². The molecule has 1 N–H and O–H groups in total. The van der Waals surface area contributed by atoms with Gasteiger partial charge in [-0.25, -0.2) is 4.39 Å². The van der Waals surface area contributed by atoms with Crippen LogP contribution in [0.3, 0.4) is 0 Å². The van der Waals surface area contributed by atoms with Gasteiger partial charge in [0.2, 0.25) is 11.8 Å². The van der Waals surface area contributed by atoms with Crippen LogP contribution < -0.4 is 5.32 Å². The van der Waals surface area contributed by atoms with Crippen LogP contribution in [0.1, 0.15) is 23.6 Å². The third-order valence-corrected chi connectivity index (χ3v) is 5.00. The van der Waals surface area contributed by atoms with E-state index in [1.165, 1.54) is 12.1 Å². The van der Waals surface area contributed by atoms with Crippen molar-refractivity contribution in [2.24, 2.45) is 7.05 Å². The minimum atomic E-state index is -0.455. The number of hydrogen-bond acceptors (Lipinski definition) is 4. The molecule has 0 spiro atoms. The maximum Gasteiger partial charge on any atom is 0.244 e. The summed E-state index contributed by atoms with van der Waals surface area (Å²) >= 11 is 0. The van der Waals surface area contributed by atoms with Gasteiger partial charge in [0.15, 0.2) is 0 Å². The molecule has 1 saturated heterocycles. The maximum atomic E-state index is 13.3. The van der Waals surface area contributed by atoms with Gasteiger partial charge < -0.3 is 15.1 Å². The van der Waals surface area contributed by atoms with Crippen LogP contribution in [-0.4, -0.2) is 64.6 Å². The molecule has 1 atom stereocenters. The van der Waals surface area contributed by atoms with Crippen LogP contribution in [0, 0.1) is 5.82 Å². The van der Waals surface area contributed by atoms with Crippen molar-refractivity contribution in [2.45, 2.75) is 18.9 Å². The molecular formula is C20H27ClFN5O2. The number of halogens is 2. The molecule has 0 bridgehead atoms. The zero-order valence-electron chi connectivity index (χ0n) is 16.7. The highest BCUT2D eigenvalue weighted by atomic mass is 35.5. The van der Waals surface area contributed by atoms with Crippen molar-refractivity contribution in [2.75, 3.05) is 33.2 Å². The quantitative estimate of drug-likeness (QED) is 0.792. The molecule has 1 aromatic heterocycles. The van der Waals surface area contributed by atoms with Gasteiger partial charge in [-0.2, -0.15) is 5.10 Å². The first-order chi connectivity index (χ1) is 13.5. The number of nitrogens with zero attached hydrogens (tertiary/aromatic N) is 4. The highest BCUT2D eigenvalue weighted by Gasteiger charge is 2.28. The summed E-state index contributed by atoms with van der Waals surface area (Å²) < 4.78 is 15.0. The van der Waals surface area contributed by atoms with Crippen molar-refractivity contribution >= 4 is 24.2 Å². The minimum absolute atomic E-state index is 0. The topological polar surface area (TPSA) is 70.5 Å². The van der Waals surface area contributed by atoms with Crippen LogP contribution >= 0.6 is 12.4 Å². The lowest BCUT2D eigenvalue weighted by molar-refractivity contribution is -0.134. The van der Waals surface area contributed by atoms with Gasteiger partial charge in [0.1, 0.15) is 11.9 Å². The van der Waals surface area contributed by atoms with Gasteiger partial charge in [-0.05, 0) is 31.2 Å². The first kappa shape index (κ1) is 22.8. The standard InChI is InChI=1S/C20H26FN5O2.ClH/c1-22-19(16-13-23-24(2)14-16)20(28)26-8-4-7-25(9-10-26)18(27)12-15-5-3-6-17(21)11-15;/h3,5-6,11,13-14,19,22H,4,7-10,12H2,1-2H3;1H. The summed E-state index contributed by atoms with van der Waals surface area (Å²) in [6.45, 7) is 2.14. The molecule has 1 aliphatic rings. The van der Waals surface area contributed by atoms with Crippen molar-refractivity contribution < 1.29 is 14.0 Å². The predicted molar refractivity (Wildman–Crippen MR) is 110 cm³/mol. The van der Waals surface area contributed by atoms with Gasteiger partial charge in [0.25, 0.3) is 0 Å². The van der Waals surface area contributed by atoms with Crippen molar-refractivity contribution in [1.29, 1.82) is 0 Å². The molecule has 1 unspecified atom stereocenters. The first-order valence-corrected chi connectivity index (χ1v) is 9.44. The summed E-state index contributed by atoms with van der Waals surface area (Å²) in [5, 5.41) is 7.20. The number of amides is 2. The average molecular weight is 424 g/mol. The molecule has 29 heavy (non-hydrogen) atoms. The van der Waals surface area contributed by atoms with Crippen LogP contribution in [0.25, 0.3) is 0 Å². The number of benzene rings is 1. The summed E-state index contributed by atoms with van der Waals surface area (Å²) in [6, 6.07) is 5.65. The van der Waals surface area contributed by atoms with E-state index in [0.29, 0.717) is 38.2 Å². The number of carbonyl (C=O) groups excluding carboxylic acids is 2. The lowest BCUT2D eigenvalue weighted by atomic mass is 10.1. The van der Waals surface area contributed by atoms with Gasteiger partial charge in [-0.3, -0.25) is 14.3 Å². The summed E-state index contributed by atoms with van der Waals surface area (Å²) in [5.41, 5.74) is 1.48. The van der Waals surface area contributed by atoms with E-state index in [-0.39, 0.29) is 36.5 Å². The fraction of sp³-hybridized carbons (Fsp3) is 0.450. The molecule has 2 aromatic rings. The van der Waals surface area contributed by atoms with E-state index in [4.69, 9.17) is 0 Å². The predicted octanol–water partition coefficient (Wildman–Crippen LogP) is 1.55. The van der Waals surface area contributed by atoms with Gasteiger partial charge in [-0.15, -0.1) is 12.4 Å². The lowest BCUT2D eigenvalue weighted by Gasteiger charge is -2.26. The number of rotatable bonds is 5. The third-order valence-electron chi connectivity index (χ3n) is 5.00. The van der Waals surface area contributed by atoms with Crippen LogP contribution in [0.15, 0.2) is 36.7 Å². The number of nitrogens with one attached hydrogen (secondary N) is 1. The van der Waals surface area contributed by atoms with Crippen LogP contribution in [0.4, 0.5) is 4.39 Å². The van der Waals surface area contributed by atoms with Gasteiger partial charge in [-0.1, -0.05) is 12.1 Å². The second kappa shape index (κ2) is 10.4. The molecule has 7 nitrogen and oxygen atoms in total. The summed E-state index contributed by atoms with van der Waals surface area (Å²) in [5.74, 6) is -0.404. The number of aryl methyl sites for hydroxylation is 1. The molecule has 158 valence electrons. The molecule has 1 fully saturated rings. The zero-order valence-corrected chi connectivity index (χ0v) is 17.5. The Morgan fingerprint density at radius 2 is 1.93 bits per heavy atom. The molecule has 0 aliphatic carbocycles. The number of hydrogen-bond donors (Lipinski definition) is 1. The van der Waals surface area contributed by atoms with Crippen LogP contribution in [0.5, 0.6) is 0 Å². The highest BCUT2D eigenvalue weighted by Crippen LogP contribution is 2.17. The second-order valence-corrected chi connectivity index (χ2v) is 7.04. The molecule has 0 radical (unpaired) electrons. The number of carbonyl (C=O) groups is 2. The molecule has 0 saturated carbocycles. The SMILES string of the molecule is CNC(C(=O)N1CCCN(C(=O)Cc2cccc(F)c2)CC1)c1cnn(C)c1.Cl. The fourth-order valence-electron chi connectivity index (χ4n) is 3.53. The second-order valence-electron chi connectivity index (χ2n) is 7.04. The minimum Gasteiger partial charge on any atom is -0.341 e. The van der Waals surface area contributed by atoms with Crippen molar-refractivity contribution in [1.82, 2.24) is 24.9 Å². The van der Waals surface area contributed by atoms with E-state index >= 15 is 0 Å². The average Bonchev–Trinajstić information content (AvgIpc) is 2.94. The van der Waals surface area contributed by atoms with E-state index in [1.807, 2.05) is 13.2 Å². The van der Waals surface area contributed by atoms with Gasteiger partial charge in [0, 0.05) is 45.0 Å². The Kier molecular flexibility index (Phi) is 8.16. The van der Waals surface area contributed by atoms with E-state index in [2.05, 4.69) is 10.4 Å². The lowest BCUT2D eigenvalue weighted by Crippen LogP contribution is -2.42. The zero-order chi connectivity index (χ0) is 20.1. The normalized spacial score (nSPS) is 15.4. The molecule has 2 heterocycles. The molecule has 1 aliphatic heterocycles. The van der Waals surface area contributed by atoms with E-state index < -0.39 is 6.04 Å². The molecule has 2 amide bonds. The molecule has 3 rings (SSSR count). The van der Waals surface area contributed by atoms with E-state index in [9.17, 15) is 14.0 Å². The van der Waals surface area contributed by atoms with Crippen LogP contribution in [0.2, 0.25) is 0 Å². The molecular weight excluding hydrogens is 397 g/mol. The number of likely N-dealkylation sites (N-methyl/N-ethyl adjacent to an activating group) is 1. The van der Waals surface area contributed by atoms with Crippen molar-refractivity contribution in [3.05, 3.63) is 53.6 Å². The third kappa shape index (κ3) is 5.77. The van der Waals surface area contributed by atoms with E-state index in [0.717, 1.165) is 5.56 Å². The summed E-state index contributed by atoms with van der Waals surface area (Å²) in [6.07, 6.45) is 4.39. The first-order valence-electron chi connectivity index (χ1n) is 9.44. The maximum absolute atomic E-state index is 13.3. The highest BCUT2D eigenvalue weighted by molar-refractivity contribution is 5.85. The molecule has 1 aromatic carbocycles. The van der Waals surface area contributed by atoms with E-state index in [1.54, 1.807) is 39.9 Å². The Morgan fingerprint density at radius 3 is 2.59 bits per heavy atom. The molecule has 9 heteroatoms. The van der Waals surface area contributed by atoms with Crippen molar-refractivity contribution in [3.8, 4) is 0 Å². The summed E-state index contributed by atoms with van der Waals surface area (Å²) in [7, 11) is 3.57. The van der Waals surface area contributed by atoms with Gasteiger partial charge >= 0.3 is 0 Å². The Bertz CT molecular complexity index is 844. The van der Waals surface area contributed by atoms with Crippen LogP contribution in [-0.2, 0) is 23.1 Å². The number of aromatic nitrogens is 2. The summed E-state index contributed by atoms with van der Waals surface area (Å²) in [4.78, 5) is 29.1. The largest absolute Gasteiger partial charge is 0.341 e. The fourth-order valence-corrected chi connectivity index (χ4v) is 3.53. The Balaban J connectivity index is 0.00000300. The Labute approximate surface area is 176 Å². The van der Waals surface area contributed by atoms with Crippen molar-refractivity contribution in [3.63, 3.8) is 0 Å². The smallest absolute Gasteiger partial charge is 0.244 e. The monoisotopic (exact) mass is 423 g/mol. The Hall–Kier alpha value is -2.45. The Morgan fingerprint density at radius 1 is 1.21 bits per heavy atom.